The molecule has 0 bridgehead atoms. The average molecular weight is 308 g/mol. The number of halogens is 3. The topological polar surface area (TPSA) is 63.6 Å². The predicted molar refractivity (Wildman–Crippen MR) is 65.3 cm³/mol. The fourth-order valence-electron chi connectivity index (χ4n) is 1.17. The Morgan fingerprint density at radius 3 is 2.06 bits per heavy atom. The molecule has 0 aromatic rings. The van der Waals surface area contributed by atoms with E-state index in [1.165, 1.54) is 0 Å². The van der Waals surface area contributed by atoms with Crippen molar-refractivity contribution >= 4 is 46.7 Å². The zero-order chi connectivity index (χ0) is 13.9. The van der Waals surface area contributed by atoms with E-state index < -0.39 is 21.8 Å². The van der Waals surface area contributed by atoms with E-state index in [0.717, 1.165) is 0 Å². The first-order valence-electron chi connectivity index (χ1n) is 4.72. The Hall–Kier alpha value is -0.230. The number of carbonyl (C=O) groups excluding carboxylic acids is 1. The lowest BCUT2D eigenvalue weighted by molar-refractivity contribution is -0.873. The summed E-state index contributed by atoms with van der Waals surface area (Å²) in [5.41, 5.74) is 0. The molecule has 5 nitrogen and oxygen atoms in total. The minimum absolute atomic E-state index is 0.304. The van der Waals surface area contributed by atoms with E-state index in [1.807, 2.05) is 21.1 Å². The summed E-state index contributed by atoms with van der Waals surface area (Å²) in [6.07, 6.45) is -1.17. The van der Waals surface area contributed by atoms with Gasteiger partial charge in [0.05, 0.1) is 27.6 Å². The van der Waals surface area contributed by atoms with Gasteiger partial charge >= 0.3 is 11.9 Å². The summed E-state index contributed by atoms with van der Waals surface area (Å²) in [5.74, 6) is -2.15. The highest BCUT2D eigenvalue weighted by Gasteiger charge is 2.36. The van der Waals surface area contributed by atoms with Crippen molar-refractivity contribution in [2.24, 2.45) is 0 Å². The summed E-state index contributed by atoms with van der Waals surface area (Å²) in [6, 6.07) is 0. The smallest absolute Gasteiger partial charge is 0.359 e. The highest BCUT2D eigenvalue weighted by Crippen LogP contribution is 2.28. The van der Waals surface area contributed by atoms with Crippen LogP contribution in [0.25, 0.3) is 0 Å². The third kappa shape index (κ3) is 8.49. The van der Waals surface area contributed by atoms with Gasteiger partial charge in [-0.15, -0.1) is 0 Å². The zero-order valence-electron chi connectivity index (χ0n) is 9.74. The lowest BCUT2D eigenvalue weighted by Gasteiger charge is -2.28. The van der Waals surface area contributed by atoms with Gasteiger partial charge in [0.25, 0.3) is 3.79 Å². The second-order valence-electron chi connectivity index (χ2n) is 4.60. The molecule has 0 rings (SSSR count). The Morgan fingerprint density at radius 1 is 1.29 bits per heavy atom. The molecule has 0 heterocycles. The van der Waals surface area contributed by atoms with Crippen molar-refractivity contribution in [3.63, 3.8) is 0 Å². The van der Waals surface area contributed by atoms with E-state index in [-0.39, 0.29) is 6.42 Å². The van der Waals surface area contributed by atoms with E-state index in [1.54, 1.807) is 0 Å². The van der Waals surface area contributed by atoms with Crippen molar-refractivity contribution < 1.29 is 23.9 Å². The van der Waals surface area contributed by atoms with Crippen molar-refractivity contribution in [1.29, 1.82) is 0 Å². The molecular formula is C9H15Cl3NO4+. The number of aliphatic carboxylic acids is 1. The summed E-state index contributed by atoms with van der Waals surface area (Å²) in [5, 5.41) is 8.70. The van der Waals surface area contributed by atoms with Crippen LogP contribution in [0.4, 0.5) is 0 Å². The van der Waals surface area contributed by atoms with E-state index in [9.17, 15) is 9.59 Å². The molecule has 0 aliphatic carbocycles. The molecule has 0 saturated heterocycles. The van der Waals surface area contributed by atoms with Gasteiger partial charge in [-0.3, -0.25) is 4.79 Å². The van der Waals surface area contributed by atoms with Gasteiger partial charge in [0, 0.05) is 0 Å². The van der Waals surface area contributed by atoms with E-state index >= 15 is 0 Å². The third-order valence-corrected chi connectivity index (χ3v) is 2.12. The number of hydrogen-bond donors (Lipinski definition) is 1. The molecule has 17 heavy (non-hydrogen) atoms. The molecule has 0 fully saturated rings. The standard InChI is InChI=1S/C9H14Cl3NO4/c1-13(2,3)5-6(4-7(14)15)17-8(16)9(10,11)12/h6H,4-5H2,1-3H3/p+1. The quantitative estimate of drug-likeness (QED) is 0.474. The summed E-state index contributed by atoms with van der Waals surface area (Å²) in [7, 11) is 5.49. The normalized spacial score (nSPS) is 14.2. The van der Waals surface area contributed by atoms with Crippen LogP contribution in [0.15, 0.2) is 0 Å². The van der Waals surface area contributed by atoms with Crippen LogP contribution in [0.5, 0.6) is 0 Å². The number of esters is 1. The number of carboxylic acids is 1. The number of carboxylic acid groups (broad SMARTS) is 1. The molecule has 0 radical (unpaired) electrons. The summed E-state index contributed by atoms with van der Waals surface area (Å²) < 4.78 is 3.10. The van der Waals surface area contributed by atoms with Gasteiger partial charge in [-0.1, -0.05) is 34.8 Å². The molecule has 1 unspecified atom stereocenters. The van der Waals surface area contributed by atoms with Crippen LogP contribution in [-0.2, 0) is 14.3 Å². The molecule has 0 amide bonds. The fraction of sp³-hybridized carbons (Fsp3) is 0.778. The predicted octanol–water partition coefficient (Wildman–Crippen LogP) is 1.45. The van der Waals surface area contributed by atoms with Crippen LogP contribution in [0.2, 0.25) is 0 Å². The Morgan fingerprint density at radius 2 is 1.76 bits per heavy atom. The van der Waals surface area contributed by atoms with Gasteiger partial charge in [0.1, 0.15) is 6.54 Å². The molecule has 8 heteroatoms. The van der Waals surface area contributed by atoms with Crippen LogP contribution in [0.3, 0.4) is 0 Å². The monoisotopic (exact) mass is 306 g/mol. The zero-order valence-corrected chi connectivity index (χ0v) is 12.0. The number of nitrogens with zero attached hydrogens (tertiary/aromatic N) is 1. The Balaban J connectivity index is 4.60. The van der Waals surface area contributed by atoms with E-state index in [2.05, 4.69) is 0 Å². The summed E-state index contributed by atoms with van der Waals surface area (Å²) in [6.45, 7) is 0.304. The number of rotatable bonds is 5. The lowest BCUT2D eigenvalue weighted by Crippen LogP contribution is -2.44. The maximum Gasteiger partial charge on any atom is 0.359 e. The van der Waals surface area contributed by atoms with Gasteiger partial charge in [-0.05, 0) is 0 Å². The molecule has 0 aromatic heterocycles. The van der Waals surface area contributed by atoms with Gasteiger partial charge in [-0.25, -0.2) is 4.79 Å². The van der Waals surface area contributed by atoms with Crippen molar-refractivity contribution in [2.75, 3.05) is 27.7 Å². The maximum absolute atomic E-state index is 11.3. The number of alkyl halides is 3. The first kappa shape index (κ1) is 16.8. The minimum atomic E-state index is -2.19. The second-order valence-corrected chi connectivity index (χ2v) is 6.88. The molecule has 0 spiro atoms. The Labute approximate surface area is 115 Å². The molecular weight excluding hydrogens is 292 g/mol. The number of hydrogen-bond acceptors (Lipinski definition) is 3. The van der Waals surface area contributed by atoms with Crippen molar-refractivity contribution in [3.8, 4) is 0 Å². The molecule has 1 N–H and O–H groups in total. The van der Waals surface area contributed by atoms with Crippen LogP contribution in [-0.4, -0.2) is 59.1 Å². The molecule has 0 aliphatic heterocycles. The summed E-state index contributed by atoms with van der Waals surface area (Å²) in [4.78, 5) is 22.0. The molecule has 100 valence electrons. The maximum atomic E-state index is 11.3. The molecule has 0 aliphatic rings. The molecule has 0 aromatic carbocycles. The second kappa shape index (κ2) is 6.09. The first-order valence-corrected chi connectivity index (χ1v) is 5.85. The van der Waals surface area contributed by atoms with Crippen molar-refractivity contribution in [2.45, 2.75) is 16.3 Å². The first-order chi connectivity index (χ1) is 7.42. The van der Waals surface area contributed by atoms with Crippen LogP contribution in [0, 0.1) is 0 Å². The lowest BCUT2D eigenvalue weighted by atomic mass is 10.2. The fourth-order valence-corrected chi connectivity index (χ4v) is 1.30. The van der Waals surface area contributed by atoms with Crippen LogP contribution >= 0.6 is 34.8 Å². The van der Waals surface area contributed by atoms with Gasteiger partial charge in [0.15, 0.2) is 6.10 Å². The third-order valence-electron chi connectivity index (χ3n) is 1.66. The molecule has 0 saturated carbocycles. The van der Waals surface area contributed by atoms with Crippen molar-refractivity contribution in [3.05, 3.63) is 0 Å². The van der Waals surface area contributed by atoms with E-state index in [0.29, 0.717) is 11.0 Å². The number of quaternary nitrogens is 1. The van der Waals surface area contributed by atoms with Gasteiger partial charge in [0.2, 0.25) is 0 Å². The van der Waals surface area contributed by atoms with Gasteiger partial charge < -0.3 is 14.3 Å². The highest BCUT2D eigenvalue weighted by molar-refractivity contribution is 6.75. The number of carbonyl (C=O) groups is 2. The molecule has 1 atom stereocenters. The minimum Gasteiger partial charge on any atom is -0.481 e. The van der Waals surface area contributed by atoms with Gasteiger partial charge in [-0.2, -0.15) is 0 Å². The number of likely N-dealkylation sites (N-methyl/N-ethyl adjacent to an activating group) is 1. The SMILES string of the molecule is C[N+](C)(C)CC(CC(=O)O)OC(=O)C(Cl)(Cl)Cl. The number of ether oxygens (including phenoxy) is 1. The Bertz CT molecular complexity index is 296. The summed E-state index contributed by atoms with van der Waals surface area (Å²) >= 11 is 16.0. The average Bonchev–Trinajstić information content (AvgIpc) is 1.96. The van der Waals surface area contributed by atoms with Crippen LogP contribution in [0.1, 0.15) is 6.42 Å². The Kier molecular flexibility index (Phi) is 6.01. The highest BCUT2D eigenvalue weighted by atomic mass is 35.6. The largest absolute Gasteiger partial charge is 0.481 e. The van der Waals surface area contributed by atoms with Crippen molar-refractivity contribution in [1.82, 2.24) is 0 Å². The van der Waals surface area contributed by atoms with E-state index in [4.69, 9.17) is 44.6 Å². The van der Waals surface area contributed by atoms with Crippen LogP contribution < -0.4 is 0 Å².